The summed E-state index contributed by atoms with van der Waals surface area (Å²) in [5.74, 6) is -0.153. The molecular formula is C11H22BrFOSi. The molecule has 0 heterocycles. The van der Waals surface area contributed by atoms with Crippen molar-refractivity contribution in [3.63, 3.8) is 0 Å². The molecule has 0 radical (unpaired) electrons. The third kappa shape index (κ3) is 5.83. The Labute approximate surface area is 102 Å². The first-order valence-corrected chi connectivity index (χ1v) is 9.28. The molecule has 0 amide bonds. The second kappa shape index (κ2) is 6.16. The molecule has 0 saturated carbocycles. The predicted octanol–water partition coefficient (Wildman–Crippen LogP) is 4.65. The van der Waals surface area contributed by atoms with Crippen LogP contribution in [0.25, 0.3) is 0 Å². The van der Waals surface area contributed by atoms with Crippen LogP contribution in [0.5, 0.6) is 0 Å². The Morgan fingerprint density at radius 1 is 1.40 bits per heavy atom. The minimum atomic E-state index is -1.80. The summed E-state index contributed by atoms with van der Waals surface area (Å²) < 4.78 is 19.0. The normalized spacial score (nSPS) is 14.5. The molecule has 0 aliphatic heterocycles. The molecule has 0 aromatic heterocycles. The van der Waals surface area contributed by atoms with Crippen molar-refractivity contribution >= 4 is 24.2 Å². The summed E-state index contributed by atoms with van der Waals surface area (Å²) in [6, 6.07) is 0. The maximum atomic E-state index is 13.2. The van der Waals surface area contributed by atoms with E-state index in [2.05, 4.69) is 49.8 Å². The molecule has 0 aliphatic rings. The molecule has 0 N–H and O–H groups in total. The van der Waals surface area contributed by atoms with Crippen LogP contribution in [-0.2, 0) is 4.43 Å². The maximum absolute atomic E-state index is 13.2. The third-order valence-corrected chi connectivity index (χ3v) is 7.79. The number of halogens is 2. The lowest BCUT2D eigenvalue weighted by Crippen LogP contribution is -2.41. The van der Waals surface area contributed by atoms with Crippen LogP contribution in [-0.4, -0.2) is 20.3 Å². The summed E-state index contributed by atoms with van der Waals surface area (Å²) in [6.45, 7) is 10.8. The van der Waals surface area contributed by atoms with Crippen molar-refractivity contribution in [2.24, 2.45) is 0 Å². The summed E-state index contributed by atoms with van der Waals surface area (Å²) in [7, 11) is -1.80. The first-order chi connectivity index (χ1) is 6.70. The Bertz CT molecular complexity index is 221. The van der Waals surface area contributed by atoms with Crippen molar-refractivity contribution in [3.8, 4) is 0 Å². The average molecular weight is 297 g/mol. The van der Waals surface area contributed by atoms with Gasteiger partial charge in [0.1, 0.15) is 5.83 Å². The highest BCUT2D eigenvalue weighted by Crippen LogP contribution is 2.36. The Kier molecular flexibility index (Phi) is 6.29. The zero-order valence-corrected chi connectivity index (χ0v) is 12.9. The average Bonchev–Trinajstić information content (AvgIpc) is 2.09. The van der Waals surface area contributed by atoms with E-state index in [0.29, 0.717) is 6.42 Å². The Hall–Kier alpha value is 0.327. The summed E-state index contributed by atoms with van der Waals surface area (Å²) in [5, 5.41) is 0.934. The standard InChI is InChI=1S/C11H22BrFOSi/c1-11(2,3)15(4,5)14-9-10(13)7-6-8-12/h7H,6,8-9H2,1-5H3. The van der Waals surface area contributed by atoms with E-state index in [1.165, 1.54) is 0 Å². The zero-order chi connectivity index (χ0) is 12.1. The molecular weight excluding hydrogens is 275 g/mol. The van der Waals surface area contributed by atoms with Crippen LogP contribution in [0.2, 0.25) is 18.1 Å². The zero-order valence-electron chi connectivity index (χ0n) is 10.4. The summed E-state index contributed by atoms with van der Waals surface area (Å²) in [4.78, 5) is 0. The Balaban J connectivity index is 4.15. The smallest absolute Gasteiger partial charge is 0.192 e. The van der Waals surface area contributed by atoms with Gasteiger partial charge in [0, 0.05) is 5.33 Å². The van der Waals surface area contributed by atoms with E-state index >= 15 is 0 Å². The summed E-state index contributed by atoms with van der Waals surface area (Å²) in [5.41, 5.74) is 0. The fourth-order valence-electron chi connectivity index (χ4n) is 0.736. The molecule has 15 heavy (non-hydrogen) atoms. The van der Waals surface area contributed by atoms with E-state index in [0.717, 1.165) is 5.33 Å². The van der Waals surface area contributed by atoms with Crippen molar-refractivity contribution in [1.82, 2.24) is 0 Å². The van der Waals surface area contributed by atoms with Crippen molar-refractivity contribution < 1.29 is 8.82 Å². The van der Waals surface area contributed by atoms with E-state index in [1.54, 1.807) is 6.08 Å². The van der Waals surface area contributed by atoms with Gasteiger partial charge in [-0.25, -0.2) is 4.39 Å². The molecule has 0 atom stereocenters. The van der Waals surface area contributed by atoms with Crippen LogP contribution in [0.4, 0.5) is 4.39 Å². The molecule has 0 bridgehead atoms. The van der Waals surface area contributed by atoms with Crippen LogP contribution < -0.4 is 0 Å². The molecule has 1 nitrogen and oxygen atoms in total. The van der Waals surface area contributed by atoms with Gasteiger partial charge in [-0.3, -0.25) is 0 Å². The van der Waals surface area contributed by atoms with Gasteiger partial charge in [-0.2, -0.15) is 0 Å². The van der Waals surface area contributed by atoms with Gasteiger partial charge in [0.05, 0.1) is 6.61 Å². The van der Waals surface area contributed by atoms with Crippen LogP contribution in [0.1, 0.15) is 27.2 Å². The van der Waals surface area contributed by atoms with Crippen molar-refractivity contribution in [2.75, 3.05) is 11.9 Å². The first-order valence-electron chi connectivity index (χ1n) is 5.25. The van der Waals surface area contributed by atoms with Gasteiger partial charge in [0.2, 0.25) is 0 Å². The maximum Gasteiger partial charge on any atom is 0.192 e. The van der Waals surface area contributed by atoms with Crippen molar-refractivity contribution in [1.29, 1.82) is 0 Å². The van der Waals surface area contributed by atoms with Crippen molar-refractivity contribution in [3.05, 3.63) is 11.9 Å². The van der Waals surface area contributed by atoms with Gasteiger partial charge in [0.15, 0.2) is 8.32 Å². The SMILES string of the molecule is CC(C)(C)[Si](C)(C)OCC(F)=CCCBr. The number of hydrogen-bond donors (Lipinski definition) is 0. The van der Waals surface area contributed by atoms with Gasteiger partial charge in [-0.05, 0) is 30.6 Å². The van der Waals surface area contributed by atoms with Gasteiger partial charge < -0.3 is 4.43 Å². The highest BCUT2D eigenvalue weighted by Gasteiger charge is 2.37. The van der Waals surface area contributed by atoms with Crippen LogP contribution in [0.15, 0.2) is 11.9 Å². The highest BCUT2D eigenvalue weighted by molar-refractivity contribution is 9.09. The third-order valence-electron chi connectivity index (χ3n) is 2.85. The van der Waals surface area contributed by atoms with Crippen LogP contribution >= 0.6 is 15.9 Å². The Morgan fingerprint density at radius 2 is 1.93 bits per heavy atom. The molecule has 0 aliphatic carbocycles. The lowest BCUT2D eigenvalue weighted by molar-refractivity contribution is 0.290. The number of alkyl halides is 1. The van der Waals surface area contributed by atoms with E-state index in [9.17, 15) is 4.39 Å². The summed E-state index contributed by atoms with van der Waals surface area (Å²) in [6.07, 6.45) is 2.30. The van der Waals surface area contributed by atoms with Crippen LogP contribution in [0, 0.1) is 0 Å². The molecule has 90 valence electrons. The number of allylic oxidation sites excluding steroid dienone is 1. The lowest BCUT2D eigenvalue weighted by atomic mass is 10.2. The molecule has 4 heteroatoms. The fraction of sp³-hybridized carbons (Fsp3) is 0.818. The van der Waals surface area contributed by atoms with Gasteiger partial charge in [-0.15, -0.1) is 0 Å². The minimum Gasteiger partial charge on any atom is -0.410 e. The number of rotatable bonds is 5. The number of hydrogen-bond acceptors (Lipinski definition) is 1. The lowest BCUT2D eigenvalue weighted by Gasteiger charge is -2.35. The molecule has 0 aromatic rings. The summed E-state index contributed by atoms with van der Waals surface area (Å²) >= 11 is 3.26. The van der Waals surface area contributed by atoms with Gasteiger partial charge in [0.25, 0.3) is 0 Å². The molecule has 0 aromatic carbocycles. The van der Waals surface area contributed by atoms with E-state index in [4.69, 9.17) is 4.43 Å². The highest BCUT2D eigenvalue weighted by atomic mass is 79.9. The van der Waals surface area contributed by atoms with Crippen molar-refractivity contribution in [2.45, 2.75) is 45.3 Å². The second-order valence-corrected chi connectivity index (χ2v) is 10.8. The molecule has 0 rings (SSSR count). The minimum absolute atomic E-state index is 0.128. The van der Waals surface area contributed by atoms with E-state index in [1.807, 2.05) is 0 Å². The quantitative estimate of drug-likeness (QED) is 0.530. The largest absolute Gasteiger partial charge is 0.410 e. The predicted molar refractivity (Wildman–Crippen MR) is 70.8 cm³/mol. The van der Waals surface area contributed by atoms with Gasteiger partial charge in [-0.1, -0.05) is 36.7 Å². The Morgan fingerprint density at radius 3 is 2.33 bits per heavy atom. The monoisotopic (exact) mass is 296 g/mol. The molecule has 0 saturated heterocycles. The van der Waals surface area contributed by atoms with E-state index in [-0.39, 0.29) is 17.5 Å². The molecule has 0 unspecified atom stereocenters. The first kappa shape index (κ1) is 15.3. The van der Waals surface area contributed by atoms with Crippen LogP contribution in [0.3, 0.4) is 0 Å². The molecule has 0 fully saturated rings. The van der Waals surface area contributed by atoms with E-state index < -0.39 is 8.32 Å². The molecule has 0 spiro atoms. The fourth-order valence-corrected chi connectivity index (χ4v) is 1.90. The topological polar surface area (TPSA) is 9.23 Å². The second-order valence-electron chi connectivity index (χ2n) is 5.18. The van der Waals surface area contributed by atoms with Gasteiger partial charge >= 0.3 is 0 Å².